The minimum Gasteiger partial charge on any atom is -0.330 e. The van der Waals surface area contributed by atoms with Gasteiger partial charge in [0.15, 0.2) is 0 Å². The number of sulfonamides is 1. The molecule has 0 heterocycles. The number of hydrogen-bond acceptors (Lipinski definition) is 3. The maximum atomic E-state index is 12.9. The highest BCUT2D eigenvalue weighted by Gasteiger charge is 2.20. The SMILES string of the molecule is CCCS(=O)(=O)N(CCCN)c1ccc(F)cc1. The van der Waals surface area contributed by atoms with E-state index in [-0.39, 0.29) is 11.6 Å². The lowest BCUT2D eigenvalue weighted by molar-refractivity contribution is 0.587. The van der Waals surface area contributed by atoms with Crippen molar-refractivity contribution in [3.05, 3.63) is 30.1 Å². The Morgan fingerprint density at radius 3 is 2.39 bits per heavy atom. The van der Waals surface area contributed by atoms with Crippen LogP contribution < -0.4 is 10.0 Å². The lowest BCUT2D eigenvalue weighted by Crippen LogP contribution is -2.34. The standard InChI is InChI=1S/C12H19FN2O2S/c1-2-10-18(16,17)15(9-3-8-14)12-6-4-11(13)5-7-12/h4-7H,2-3,8-10,14H2,1H3. The molecular formula is C12H19FN2O2S. The van der Waals surface area contributed by atoms with Gasteiger partial charge in [0.05, 0.1) is 11.4 Å². The molecule has 1 aromatic rings. The Kier molecular flexibility index (Phi) is 5.55. The lowest BCUT2D eigenvalue weighted by atomic mass is 10.3. The number of halogens is 1. The molecule has 18 heavy (non-hydrogen) atoms. The molecule has 1 aromatic carbocycles. The zero-order valence-corrected chi connectivity index (χ0v) is 11.3. The van der Waals surface area contributed by atoms with Crippen molar-refractivity contribution in [1.82, 2.24) is 0 Å². The summed E-state index contributed by atoms with van der Waals surface area (Å²) >= 11 is 0. The number of rotatable bonds is 7. The predicted molar refractivity (Wildman–Crippen MR) is 71.5 cm³/mol. The molecule has 0 aromatic heterocycles. The van der Waals surface area contributed by atoms with Gasteiger partial charge in [0.25, 0.3) is 0 Å². The molecule has 0 radical (unpaired) electrons. The first-order valence-electron chi connectivity index (χ1n) is 5.97. The highest BCUT2D eigenvalue weighted by Crippen LogP contribution is 2.19. The molecule has 0 atom stereocenters. The van der Waals surface area contributed by atoms with Crippen molar-refractivity contribution in [2.75, 3.05) is 23.1 Å². The van der Waals surface area contributed by atoms with Gasteiger partial charge >= 0.3 is 0 Å². The Morgan fingerprint density at radius 2 is 1.89 bits per heavy atom. The van der Waals surface area contributed by atoms with Gasteiger partial charge in [-0.3, -0.25) is 4.31 Å². The highest BCUT2D eigenvalue weighted by molar-refractivity contribution is 7.92. The van der Waals surface area contributed by atoms with E-state index in [2.05, 4.69) is 0 Å². The van der Waals surface area contributed by atoms with Crippen LogP contribution in [0.4, 0.5) is 10.1 Å². The smallest absolute Gasteiger partial charge is 0.235 e. The predicted octanol–water partition coefficient (Wildman–Crippen LogP) is 1.72. The van der Waals surface area contributed by atoms with Gasteiger partial charge in [-0.25, -0.2) is 12.8 Å². The molecule has 0 amide bonds. The Bertz CT molecular complexity index is 459. The van der Waals surface area contributed by atoms with Crippen LogP contribution in [0.3, 0.4) is 0 Å². The molecular weight excluding hydrogens is 255 g/mol. The quantitative estimate of drug-likeness (QED) is 0.823. The minimum atomic E-state index is -3.36. The van der Waals surface area contributed by atoms with E-state index in [0.717, 1.165) is 0 Å². The highest BCUT2D eigenvalue weighted by atomic mass is 32.2. The van der Waals surface area contributed by atoms with E-state index in [1.807, 2.05) is 6.92 Å². The van der Waals surface area contributed by atoms with E-state index < -0.39 is 10.0 Å². The largest absolute Gasteiger partial charge is 0.330 e. The van der Waals surface area contributed by atoms with Gasteiger partial charge in [-0.1, -0.05) is 6.92 Å². The summed E-state index contributed by atoms with van der Waals surface area (Å²) < 4.78 is 38.4. The number of benzene rings is 1. The summed E-state index contributed by atoms with van der Waals surface area (Å²) in [6.07, 6.45) is 1.11. The van der Waals surface area contributed by atoms with E-state index in [1.165, 1.54) is 28.6 Å². The van der Waals surface area contributed by atoms with Crippen molar-refractivity contribution in [2.24, 2.45) is 5.73 Å². The first kappa shape index (κ1) is 14.9. The molecule has 0 spiro atoms. The van der Waals surface area contributed by atoms with Gasteiger partial charge in [0.2, 0.25) is 10.0 Å². The summed E-state index contributed by atoms with van der Waals surface area (Å²) in [6, 6.07) is 5.45. The maximum absolute atomic E-state index is 12.9. The van der Waals surface area contributed by atoms with E-state index in [4.69, 9.17) is 5.73 Å². The molecule has 2 N–H and O–H groups in total. The van der Waals surface area contributed by atoms with E-state index >= 15 is 0 Å². The number of nitrogens with zero attached hydrogens (tertiary/aromatic N) is 1. The minimum absolute atomic E-state index is 0.0783. The number of hydrogen-bond donors (Lipinski definition) is 1. The van der Waals surface area contributed by atoms with Gasteiger partial charge in [-0.05, 0) is 43.7 Å². The topological polar surface area (TPSA) is 63.4 Å². The van der Waals surface area contributed by atoms with Crippen LogP contribution in [0.15, 0.2) is 24.3 Å². The molecule has 6 heteroatoms. The fraction of sp³-hybridized carbons (Fsp3) is 0.500. The average Bonchev–Trinajstić information content (AvgIpc) is 2.31. The molecule has 0 fully saturated rings. The molecule has 4 nitrogen and oxygen atoms in total. The van der Waals surface area contributed by atoms with Crippen LogP contribution in [-0.4, -0.2) is 27.3 Å². The molecule has 1 rings (SSSR count). The summed E-state index contributed by atoms with van der Waals surface area (Å²) in [5, 5.41) is 0. The number of nitrogens with two attached hydrogens (primary N) is 1. The van der Waals surface area contributed by atoms with Crippen molar-refractivity contribution in [2.45, 2.75) is 19.8 Å². The lowest BCUT2D eigenvalue weighted by Gasteiger charge is -2.24. The van der Waals surface area contributed by atoms with Crippen molar-refractivity contribution in [3.8, 4) is 0 Å². The van der Waals surface area contributed by atoms with Gasteiger partial charge in [0, 0.05) is 6.54 Å². The first-order valence-corrected chi connectivity index (χ1v) is 7.58. The molecule has 0 saturated heterocycles. The fourth-order valence-corrected chi connectivity index (χ4v) is 3.23. The van der Waals surface area contributed by atoms with E-state index in [1.54, 1.807) is 0 Å². The summed E-state index contributed by atoms with van der Waals surface area (Å²) in [4.78, 5) is 0. The zero-order valence-electron chi connectivity index (χ0n) is 10.5. The number of anilines is 1. The normalized spacial score (nSPS) is 11.5. The van der Waals surface area contributed by atoms with Gasteiger partial charge in [-0.15, -0.1) is 0 Å². The second-order valence-electron chi connectivity index (χ2n) is 4.01. The Morgan fingerprint density at radius 1 is 1.28 bits per heavy atom. The van der Waals surface area contributed by atoms with Gasteiger partial charge < -0.3 is 5.73 Å². The maximum Gasteiger partial charge on any atom is 0.235 e. The Labute approximate surface area is 108 Å². The Balaban J connectivity index is 3.01. The fourth-order valence-electron chi connectivity index (χ4n) is 1.64. The van der Waals surface area contributed by atoms with E-state index in [9.17, 15) is 12.8 Å². The zero-order chi connectivity index (χ0) is 13.6. The molecule has 0 saturated carbocycles. The summed E-state index contributed by atoms with van der Waals surface area (Å²) in [6.45, 7) is 2.55. The van der Waals surface area contributed by atoms with Crippen molar-refractivity contribution >= 4 is 15.7 Å². The summed E-state index contributed by atoms with van der Waals surface area (Å²) in [7, 11) is -3.36. The molecule has 0 aliphatic carbocycles. The van der Waals surface area contributed by atoms with Crippen LogP contribution >= 0.6 is 0 Å². The van der Waals surface area contributed by atoms with Crippen LogP contribution in [0.1, 0.15) is 19.8 Å². The average molecular weight is 274 g/mol. The molecule has 0 unspecified atom stereocenters. The summed E-state index contributed by atoms with van der Waals surface area (Å²) in [5.74, 6) is -0.306. The van der Waals surface area contributed by atoms with Crippen molar-refractivity contribution in [1.29, 1.82) is 0 Å². The second kappa shape index (κ2) is 6.70. The van der Waals surface area contributed by atoms with Gasteiger partial charge in [-0.2, -0.15) is 0 Å². The third-order valence-electron chi connectivity index (χ3n) is 2.48. The summed E-state index contributed by atoms with van der Waals surface area (Å²) in [5.41, 5.74) is 5.90. The molecule has 102 valence electrons. The molecule has 0 aliphatic heterocycles. The van der Waals surface area contributed by atoms with Crippen LogP contribution in [-0.2, 0) is 10.0 Å². The van der Waals surface area contributed by atoms with Crippen molar-refractivity contribution < 1.29 is 12.8 Å². The molecule has 0 aliphatic rings. The van der Waals surface area contributed by atoms with Gasteiger partial charge in [0.1, 0.15) is 5.82 Å². The van der Waals surface area contributed by atoms with Crippen LogP contribution in [0.2, 0.25) is 0 Å². The van der Waals surface area contributed by atoms with Crippen LogP contribution in [0.25, 0.3) is 0 Å². The third-order valence-corrected chi connectivity index (χ3v) is 4.47. The monoisotopic (exact) mass is 274 g/mol. The van der Waals surface area contributed by atoms with Crippen LogP contribution in [0.5, 0.6) is 0 Å². The Hall–Kier alpha value is -1.14. The second-order valence-corrected chi connectivity index (χ2v) is 6.02. The van der Waals surface area contributed by atoms with Crippen molar-refractivity contribution in [3.63, 3.8) is 0 Å². The van der Waals surface area contributed by atoms with E-state index in [0.29, 0.717) is 31.6 Å². The van der Waals surface area contributed by atoms with Crippen LogP contribution in [0, 0.1) is 5.82 Å². The first-order chi connectivity index (χ1) is 8.51. The third kappa shape index (κ3) is 3.96. The molecule has 0 bridgehead atoms.